The first-order valence-electron chi connectivity index (χ1n) is 10.8. The topological polar surface area (TPSA) is 135 Å². The fourth-order valence-electron chi connectivity index (χ4n) is 3.27. The molecule has 0 aromatic carbocycles. The van der Waals surface area contributed by atoms with Gasteiger partial charge in [0.05, 0.1) is 31.2 Å². The lowest BCUT2D eigenvalue weighted by molar-refractivity contribution is -0.465. The molecule has 10 heteroatoms. The number of hydroxylamine groups is 3. The highest BCUT2D eigenvalue weighted by Gasteiger charge is 2.37. The molecule has 2 rings (SSSR count). The molecule has 0 fully saturated rings. The lowest BCUT2D eigenvalue weighted by Gasteiger charge is -2.18. The molecule has 0 bridgehead atoms. The van der Waals surface area contributed by atoms with E-state index in [1.54, 1.807) is 12.3 Å². The highest BCUT2D eigenvalue weighted by atomic mass is 16.8. The standard InChI is InChI=1S/C20H35N5O5/c21-17(15-26)16-29-13-9-7-5-3-1-2-4-6-8-12-22-18-10-11-20(25(27)28)24-19(18)14-23-30-24/h10-11,14,17,22-23,26H,1-9,12-13,15-16,21H2/t17-/m0/s1. The van der Waals surface area contributed by atoms with Crippen molar-refractivity contribution in [1.82, 2.24) is 15.9 Å². The van der Waals surface area contributed by atoms with Crippen molar-refractivity contribution in [3.05, 3.63) is 45.7 Å². The minimum atomic E-state index is -0.475. The fraction of sp³-hybridized carbons (Fsp3) is 0.700. The third-order valence-electron chi connectivity index (χ3n) is 4.98. The zero-order chi connectivity index (χ0) is 21.6. The van der Waals surface area contributed by atoms with Crippen LogP contribution in [0.25, 0.3) is 0 Å². The highest BCUT2D eigenvalue weighted by Crippen LogP contribution is 2.26. The summed E-state index contributed by atoms with van der Waals surface area (Å²) in [4.78, 5) is 15.6. The molecule has 10 nitrogen and oxygen atoms in total. The summed E-state index contributed by atoms with van der Waals surface area (Å²) in [7, 11) is 0. The van der Waals surface area contributed by atoms with Gasteiger partial charge in [-0.25, -0.2) is 5.48 Å². The van der Waals surface area contributed by atoms with Crippen molar-refractivity contribution in [2.75, 3.05) is 26.4 Å². The summed E-state index contributed by atoms with van der Waals surface area (Å²) >= 11 is 0. The van der Waals surface area contributed by atoms with Gasteiger partial charge in [0.1, 0.15) is 0 Å². The monoisotopic (exact) mass is 425 g/mol. The van der Waals surface area contributed by atoms with Gasteiger partial charge in [-0.15, -0.1) is 0 Å². The second-order valence-corrected chi connectivity index (χ2v) is 7.52. The maximum Gasteiger partial charge on any atom is 0.355 e. The minimum absolute atomic E-state index is 0.0286. The zero-order valence-electron chi connectivity index (χ0n) is 17.6. The molecular weight excluding hydrogens is 390 g/mol. The molecule has 2 aliphatic rings. The van der Waals surface area contributed by atoms with Crippen LogP contribution in [-0.2, 0) is 9.68 Å². The largest absolute Gasteiger partial charge is 0.395 e. The molecular formula is C20H35N5O5. The highest BCUT2D eigenvalue weighted by molar-refractivity contribution is 5.37. The van der Waals surface area contributed by atoms with Crippen molar-refractivity contribution < 1.29 is 19.7 Å². The molecule has 0 unspecified atom stereocenters. The Morgan fingerprint density at radius 1 is 1.17 bits per heavy atom. The minimum Gasteiger partial charge on any atom is -0.395 e. The Morgan fingerprint density at radius 2 is 1.83 bits per heavy atom. The molecule has 0 spiro atoms. The van der Waals surface area contributed by atoms with E-state index in [0.29, 0.717) is 12.3 Å². The van der Waals surface area contributed by atoms with Crippen LogP contribution in [0, 0.1) is 10.1 Å². The molecule has 0 saturated carbocycles. The number of aliphatic hydroxyl groups excluding tert-OH is 1. The summed E-state index contributed by atoms with van der Waals surface area (Å²) in [6, 6.07) is -0.265. The Balaban J connectivity index is 1.42. The first-order chi connectivity index (χ1) is 14.6. The van der Waals surface area contributed by atoms with Crippen LogP contribution < -0.4 is 16.5 Å². The number of nitro groups is 1. The molecule has 2 aliphatic heterocycles. The molecule has 5 N–H and O–H groups in total. The Labute approximate surface area is 177 Å². The molecule has 2 heterocycles. The maximum absolute atomic E-state index is 11.0. The van der Waals surface area contributed by atoms with Crippen molar-refractivity contribution in [1.29, 1.82) is 0 Å². The number of rotatable bonds is 17. The van der Waals surface area contributed by atoms with Crippen LogP contribution >= 0.6 is 0 Å². The second kappa shape index (κ2) is 14.0. The summed E-state index contributed by atoms with van der Waals surface area (Å²) in [5.74, 6) is -0.116. The third kappa shape index (κ3) is 8.31. The Kier molecular flexibility index (Phi) is 11.2. The molecule has 0 aromatic heterocycles. The summed E-state index contributed by atoms with van der Waals surface area (Å²) < 4.78 is 5.41. The Bertz CT molecular complexity index is 623. The van der Waals surface area contributed by atoms with Crippen LogP contribution in [0.2, 0.25) is 0 Å². The van der Waals surface area contributed by atoms with E-state index in [1.807, 2.05) is 0 Å². The number of fused-ring (bicyclic) bond motifs is 1. The molecule has 1 atom stereocenters. The quantitative estimate of drug-likeness (QED) is 0.157. The van der Waals surface area contributed by atoms with E-state index in [0.717, 1.165) is 38.1 Å². The number of aliphatic hydroxyl groups is 1. The van der Waals surface area contributed by atoms with Crippen LogP contribution in [0.15, 0.2) is 35.6 Å². The summed E-state index contributed by atoms with van der Waals surface area (Å²) in [6.07, 6.45) is 15.4. The van der Waals surface area contributed by atoms with Crippen molar-refractivity contribution in [2.45, 2.75) is 63.8 Å². The van der Waals surface area contributed by atoms with Gasteiger partial charge in [-0.3, -0.25) is 0 Å². The van der Waals surface area contributed by atoms with Crippen LogP contribution in [0.1, 0.15) is 57.8 Å². The maximum atomic E-state index is 11.0. The predicted molar refractivity (Wildman–Crippen MR) is 113 cm³/mol. The Morgan fingerprint density at radius 3 is 2.50 bits per heavy atom. The van der Waals surface area contributed by atoms with Gasteiger partial charge in [-0.1, -0.05) is 49.9 Å². The van der Waals surface area contributed by atoms with Crippen molar-refractivity contribution in [2.24, 2.45) is 5.73 Å². The van der Waals surface area contributed by atoms with E-state index < -0.39 is 4.92 Å². The van der Waals surface area contributed by atoms with Gasteiger partial charge in [0.2, 0.25) is 5.70 Å². The van der Waals surface area contributed by atoms with Crippen LogP contribution in [-0.4, -0.2) is 47.5 Å². The number of ether oxygens (including phenoxy) is 1. The fourth-order valence-corrected chi connectivity index (χ4v) is 3.27. The molecule has 30 heavy (non-hydrogen) atoms. The smallest absolute Gasteiger partial charge is 0.355 e. The average molecular weight is 426 g/mol. The molecule has 0 aliphatic carbocycles. The van der Waals surface area contributed by atoms with Crippen molar-refractivity contribution in [3.8, 4) is 0 Å². The number of allylic oxidation sites excluding steroid dienone is 2. The number of hydrogen-bond donors (Lipinski definition) is 4. The SMILES string of the molecule is N[C@@H](CO)COCCCCCCCCCCCNC1=CC=C([N+](=O)[O-])N2ONC=C12. The van der Waals surface area contributed by atoms with Gasteiger partial charge in [0, 0.05) is 19.2 Å². The van der Waals surface area contributed by atoms with Gasteiger partial charge < -0.3 is 31.0 Å². The van der Waals surface area contributed by atoms with Gasteiger partial charge >= 0.3 is 5.82 Å². The number of unbranched alkanes of at least 4 members (excludes halogenated alkanes) is 8. The van der Waals surface area contributed by atoms with Gasteiger partial charge in [0.25, 0.3) is 0 Å². The number of nitrogens with zero attached hydrogens (tertiary/aromatic N) is 2. The normalized spacial score (nSPS) is 16.3. The lowest BCUT2D eigenvalue weighted by atomic mass is 10.1. The van der Waals surface area contributed by atoms with Gasteiger partial charge in [-0.2, -0.15) is 0 Å². The average Bonchev–Trinajstić information content (AvgIpc) is 3.23. The first kappa shape index (κ1) is 24.1. The third-order valence-corrected chi connectivity index (χ3v) is 4.98. The van der Waals surface area contributed by atoms with Crippen LogP contribution in [0.4, 0.5) is 0 Å². The summed E-state index contributed by atoms with van der Waals surface area (Å²) in [5, 5.41) is 24.3. The number of nitrogens with two attached hydrogens (primary N) is 1. The second-order valence-electron chi connectivity index (χ2n) is 7.52. The van der Waals surface area contributed by atoms with E-state index in [9.17, 15) is 10.1 Å². The van der Waals surface area contributed by atoms with E-state index in [4.69, 9.17) is 20.5 Å². The Hall–Kier alpha value is -2.14. The van der Waals surface area contributed by atoms with Gasteiger partial charge in [0.15, 0.2) is 0 Å². The van der Waals surface area contributed by atoms with E-state index in [2.05, 4.69) is 10.8 Å². The number of hydrogen-bond acceptors (Lipinski definition) is 9. The van der Waals surface area contributed by atoms with Crippen molar-refractivity contribution in [3.63, 3.8) is 0 Å². The molecule has 0 amide bonds. The number of nitrogens with one attached hydrogen (secondary N) is 2. The van der Waals surface area contributed by atoms with Crippen LogP contribution in [0.3, 0.4) is 0 Å². The zero-order valence-corrected chi connectivity index (χ0v) is 17.6. The summed E-state index contributed by atoms with van der Waals surface area (Å²) in [6.45, 7) is 1.94. The summed E-state index contributed by atoms with van der Waals surface area (Å²) in [5.41, 5.74) is 9.55. The van der Waals surface area contributed by atoms with E-state index in [1.165, 1.54) is 49.7 Å². The first-order valence-corrected chi connectivity index (χ1v) is 10.8. The molecule has 0 radical (unpaired) electrons. The predicted octanol–water partition coefficient (Wildman–Crippen LogP) is 2.03. The lowest BCUT2D eigenvalue weighted by Crippen LogP contribution is -2.31. The van der Waals surface area contributed by atoms with Crippen LogP contribution in [0.5, 0.6) is 0 Å². The van der Waals surface area contributed by atoms with E-state index in [-0.39, 0.29) is 18.5 Å². The van der Waals surface area contributed by atoms with E-state index >= 15 is 0 Å². The molecule has 170 valence electrons. The molecule has 0 aromatic rings. The molecule has 0 saturated heterocycles. The van der Waals surface area contributed by atoms with Crippen molar-refractivity contribution >= 4 is 0 Å². The van der Waals surface area contributed by atoms with Gasteiger partial charge in [-0.05, 0) is 28.9 Å².